The first kappa shape index (κ1) is 15.3. The van der Waals surface area contributed by atoms with Gasteiger partial charge in [0.15, 0.2) is 0 Å². The number of nitrogens with zero attached hydrogens (tertiary/aromatic N) is 3. The number of carbonyl (C=O) groups excluding carboxylic acids is 1. The molecule has 5 nitrogen and oxygen atoms in total. The van der Waals surface area contributed by atoms with Crippen LogP contribution in [0.5, 0.6) is 0 Å². The van der Waals surface area contributed by atoms with E-state index in [-0.39, 0.29) is 5.91 Å². The van der Waals surface area contributed by atoms with Crippen LogP contribution < -0.4 is 10.6 Å². The monoisotopic (exact) mass is 340 g/mol. The van der Waals surface area contributed by atoms with Crippen LogP contribution in [0.2, 0.25) is 0 Å². The third kappa shape index (κ3) is 4.18. The number of piperazine rings is 1. The number of rotatable bonds is 3. The van der Waals surface area contributed by atoms with Crippen molar-refractivity contribution in [3.05, 3.63) is 22.8 Å². The molecule has 0 atom stereocenters. The molecule has 110 valence electrons. The Bertz CT molecular complexity index is 461. The lowest BCUT2D eigenvalue weighted by Crippen LogP contribution is -2.51. The average molecular weight is 341 g/mol. The van der Waals surface area contributed by atoms with E-state index in [1.807, 2.05) is 30.9 Å². The van der Waals surface area contributed by atoms with Crippen LogP contribution in [0, 0.1) is 0 Å². The maximum atomic E-state index is 12.1. The Hall–Kier alpha value is -1.14. The molecule has 0 saturated carbocycles. The second-order valence-electron chi connectivity index (χ2n) is 5.87. The molecule has 2 heterocycles. The molecule has 6 heteroatoms. The van der Waals surface area contributed by atoms with Crippen LogP contribution >= 0.6 is 15.9 Å². The molecule has 1 aromatic heterocycles. The lowest BCUT2D eigenvalue weighted by molar-refractivity contribution is -0.132. The fraction of sp³-hybridized carbons (Fsp3) is 0.571. The fourth-order valence-electron chi connectivity index (χ4n) is 2.24. The maximum absolute atomic E-state index is 12.1. The quantitative estimate of drug-likeness (QED) is 0.908. The first-order valence-corrected chi connectivity index (χ1v) is 7.58. The van der Waals surface area contributed by atoms with Crippen LogP contribution in [0.4, 0.5) is 5.82 Å². The van der Waals surface area contributed by atoms with Crippen molar-refractivity contribution in [1.82, 2.24) is 9.88 Å². The standard InChI is InChI=1S/C14H21BrN4O/c1-14(2,16)9-13(20)19-7-5-18(6-8-19)12-4-3-11(15)10-17-12/h3-4,10H,5-9,16H2,1-2H3. The fourth-order valence-corrected chi connectivity index (χ4v) is 2.48. The molecule has 1 amide bonds. The lowest BCUT2D eigenvalue weighted by Gasteiger charge is -2.36. The molecule has 0 aliphatic carbocycles. The van der Waals surface area contributed by atoms with E-state index in [0.717, 1.165) is 36.5 Å². The number of halogens is 1. The summed E-state index contributed by atoms with van der Waals surface area (Å²) >= 11 is 3.38. The minimum Gasteiger partial charge on any atom is -0.353 e. The second kappa shape index (κ2) is 6.10. The Morgan fingerprint density at radius 3 is 2.50 bits per heavy atom. The average Bonchev–Trinajstić information content (AvgIpc) is 2.38. The van der Waals surface area contributed by atoms with Gasteiger partial charge in [-0.1, -0.05) is 0 Å². The van der Waals surface area contributed by atoms with Crippen LogP contribution in [0.1, 0.15) is 20.3 Å². The Kier molecular flexibility index (Phi) is 4.65. The molecule has 2 rings (SSSR count). The van der Waals surface area contributed by atoms with Crippen LogP contribution in [0.3, 0.4) is 0 Å². The highest BCUT2D eigenvalue weighted by molar-refractivity contribution is 9.10. The molecule has 0 unspecified atom stereocenters. The summed E-state index contributed by atoms with van der Waals surface area (Å²) in [6.45, 7) is 6.84. The summed E-state index contributed by atoms with van der Waals surface area (Å²) in [6.07, 6.45) is 2.19. The van der Waals surface area contributed by atoms with Crippen LogP contribution in [0.15, 0.2) is 22.8 Å². The van der Waals surface area contributed by atoms with E-state index in [9.17, 15) is 4.79 Å². The SMILES string of the molecule is CC(C)(N)CC(=O)N1CCN(c2ccc(Br)cn2)CC1. The van der Waals surface area contributed by atoms with Gasteiger partial charge in [-0.05, 0) is 41.9 Å². The van der Waals surface area contributed by atoms with Crippen molar-refractivity contribution in [3.63, 3.8) is 0 Å². The summed E-state index contributed by atoms with van der Waals surface area (Å²) < 4.78 is 0.972. The molecular formula is C14H21BrN4O. The van der Waals surface area contributed by atoms with Crippen molar-refractivity contribution in [2.24, 2.45) is 5.73 Å². The van der Waals surface area contributed by atoms with Gasteiger partial charge in [-0.25, -0.2) is 4.98 Å². The highest BCUT2D eigenvalue weighted by Crippen LogP contribution is 2.17. The highest BCUT2D eigenvalue weighted by Gasteiger charge is 2.25. The number of amides is 1. The van der Waals surface area contributed by atoms with Gasteiger partial charge >= 0.3 is 0 Å². The van der Waals surface area contributed by atoms with Gasteiger partial charge in [0.05, 0.1) is 0 Å². The number of carbonyl (C=O) groups is 1. The van der Waals surface area contributed by atoms with Crippen LogP contribution in [-0.4, -0.2) is 47.5 Å². The number of hydrogen-bond donors (Lipinski definition) is 1. The van der Waals surface area contributed by atoms with Crippen molar-refractivity contribution in [2.45, 2.75) is 25.8 Å². The Balaban J connectivity index is 1.89. The van der Waals surface area contributed by atoms with Crippen molar-refractivity contribution in [1.29, 1.82) is 0 Å². The van der Waals surface area contributed by atoms with E-state index < -0.39 is 5.54 Å². The molecule has 1 saturated heterocycles. The first-order valence-electron chi connectivity index (χ1n) is 6.78. The number of anilines is 1. The zero-order chi connectivity index (χ0) is 14.8. The Labute approximate surface area is 128 Å². The van der Waals surface area contributed by atoms with E-state index in [4.69, 9.17) is 5.73 Å². The lowest BCUT2D eigenvalue weighted by atomic mass is 10.0. The molecule has 0 spiro atoms. The predicted octanol–water partition coefficient (Wildman–Crippen LogP) is 1.62. The number of pyridine rings is 1. The molecule has 0 radical (unpaired) electrons. The third-order valence-electron chi connectivity index (χ3n) is 3.27. The van der Waals surface area contributed by atoms with Crippen molar-refractivity contribution in [2.75, 3.05) is 31.1 Å². The highest BCUT2D eigenvalue weighted by atomic mass is 79.9. The zero-order valence-electron chi connectivity index (χ0n) is 12.0. The topological polar surface area (TPSA) is 62.5 Å². The summed E-state index contributed by atoms with van der Waals surface area (Å²) in [7, 11) is 0. The van der Waals surface area contributed by atoms with Gasteiger partial charge in [0.2, 0.25) is 5.91 Å². The summed E-state index contributed by atoms with van der Waals surface area (Å²) in [5.74, 6) is 1.10. The number of nitrogens with two attached hydrogens (primary N) is 1. The first-order chi connectivity index (χ1) is 9.35. The van der Waals surface area contributed by atoms with E-state index in [0.29, 0.717) is 6.42 Å². The Morgan fingerprint density at radius 1 is 1.35 bits per heavy atom. The van der Waals surface area contributed by atoms with Crippen molar-refractivity contribution >= 4 is 27.7 Å². The molecule has 2 N–H and O–H groups in total. The summed E-state index contributed by atoms with van der Waals surface area (Å²) in [5.41, 5.74) is 5.46. The zero-order valence-corrected chi connectivity index (χ0v) is 13.6. The van der Waals surface area contributed by atoms with E-state index in [2.05, 4.69) is 25.8 Å². The normalized spacial score (nSPS) is 16.4. The van der Waals surface area contributed by atoms with Gasteiger partial charge in [0.25, 0.3) is 0 Å². The summed E-state index contributed by atoms with van der Waals surface area (Å²) in [6, 6.07) is 3.97. The van der Waals surface area contributed by atoms with Gasteiger partial charge in [-0.2, -0.15) is 0 Å². The summed E-state index contributed by atoms with van der Waals surface area (Å²) in [5, 5.41) is 0. The molecule has 20 heavy (non-hydrogen) atoms. The Morgan fingerprint density at radius 2 is 2.00 bits per heavy atom. The van der Waals surface area contributed by atoms with E-state index in [1.54, 1.807) is 6.20 Å². The molecule has 1 aliphatic heterocycles. The van der Waals surface area contributed by atoms with Gasteiger partial charge in [0.1, 0.15) is 5.82 Å². The van der Waals surface area contributed by atoms with Gasteiger partial charge in [0, 0.05) is 48.8 Å². The molecule has 0 aromatic carbocycles. The van der Waals surface area contributed by atoms with E-state index in [1.165, 1.54) is 0 Å². The second-order valence-corrected chi connectivity index (χ2v) is 6.78. The van der Waals surface area contributed by atoms with Gasteiger partial charge in [-0.3, -0.25) is 4.79 Å². The maximum Gasteiger partial charge on any atom is 0.224 e. The largest absolute Gasteiger partial charge is 0.353 e. The third-order valence-corrected chi connectivity index (χ3v) is 3.74. The molecule has 1 aromatic rings. The van der Waals surface area contributed by atoms with Gasteiger partial charge < -0.3 is 15.5 Å². The molecule has 0 bridgehead atoms. The minimum atomic E-state index is -0.443. The smallest absolute Gasteiger partial charge is 0.224 e. The number of aromatic nitrogens is 1. The predicted molar refractivity (Wildman–Crippen MR) is 83.6 cm³/mol. The molecule has 1 aliphatic rings. The minimum absolute atomic E-state index is 0.140. The van der Waals surface area contributed by atoms with Gasteiger partial charge in [-0.15, -0.1) is 0 Å². The van der Waals surface area contributed by atoms with Crippen LogP contribution in [0.25, 0.3) is 0 Å². The molecular weight excluding hydrogens is 320 g/mol. The van der Waals surface area contributed by atoms with E-state index >= 15 is 0 Å². The summed E-state index contributed by atoms with van der Waals surface area (Å²) in [4.78, 5) is 20.6. The molecule has 1 fully saturated rings. The number of hydrogen-bond acceptors (Lipinski definition) is 4. The van der Waals surface area contributed by atoms with Crippen LogP contribution in [-0.2, 0) is 4.79 Å². The van der Waals surface area contributed by atoms with Crippen molar-refractivity contribution < 1.29 is 4.79 Å². The van der Waals surface area contributed by atoms with Crippen molar-refractivity contribution in [3.8, 4) is 0 Å².